The van der Waals surface area contributed by atoms with Gasteiger partial charge in [-0.25, -0.2) is 0 Å². The van der Waals surface area contributed by atoms with Gasteiger partial charge in [-0.15, -0.1) is 0 Å². The van der Waals surface area contributed by atoms with Crippen LogP contribution in [0.1, 0.15) is 32.8 Å². The maximum absolute atomic E-state index is 11.0. The first-order valence-corrected chi connectivity index (χ1v) is 6.68. The number of nitrogens with one attached hydrogen (secondary N) is 1. The average Bonchev–Trinajstić information content (AvgIpc) is 2.37. The molecule has 0 aromatic heterocycles. The van der Waals surface area contributed by atoms with Crippen LogP contribution in [0.2, 0.25) is 0 Å². The summed E-state index contributed by atoms with van der Waals surface area (Å²) in [5.41, 5.74) is 1.67. The fourth-order valence-electron chi connectivity index (χ4n) is 2.08. The summed E-state index contributed by atoms with van der Waals surface area (Å²) in [6.45, 7) is 8.18. The fraction of sp³-hybridized carbons (Fsp3) is 0.571. The largest absolute Gasteiger partial charge is 0.383 e. The molecule has 0 aliphatic carbocycles. The Labute approximate surface area is 114 Å². The highest BCUT2D eigenvalue weighted by atomic mass is 16.6. The molecule has 19 heavy (non-hydrogen) atoms. The van der Waals surface area contributed by atoms with Crippen molar-refractivity contribution in [1.29, 1.82) is 0 Å². The van der Waals surface area contributed by atoms with Gasteiger partial charge < -0.3 is 5.32 Å². The third-order valence-electron chi connectivity index (χ3n) is 3.15. The molecule has 1 N–H and O–H groups in total. The summed E-state index contributed by atoms with van der Waals surface area (Å²) in [4.78, 5) is 13.0. The molecule has 0 atom stereocenters. The van der Waals surface area contributed by atoms with Crippen LogP contribution in [0.15, 0.2) is 18.2 Å². The molecule has 1 aromatic rings. The van der Waals surface area contributed by atoms with Gasteiger partial charge in [-0.1, -0.05) is 13.0 Å². The summed E-state index contributed by atoms with van der Waals surface area (Å²) >= 11 is 0. The zero-order valence-electron chi connectivity index (χ0n) is 12.1. The second-order valence-corrected chi connectivity index (χ2v) is 4.92. The molecular formula is C14H23N3O2. The molecule has 5 nitrogen and oxygen atoms in total. The van der Waals surface area contributed by atoms with Crippen LogP contribution in [-0.4, -0.2) is 29.5 Å². The standard InChI is InChI=1S/C14H23N3O2/c1-5-8-16(11(2)3)10-12-6-7-13(15-4)14(9-12)17(18)19/h6-7,9,11,15H,5,8,10H2,1-4H3. The summed E-state index contributed by atoms with van der Waals surface area (Å²) in [7, 11) is 1.69. The number of rotatable bonds is 7. The maximum Gasteiger partial charge on any atom is 0.292 e. The maximum atomic E-state index is 11.0. The lowest BCUT2D eigenvalue weighted by molar-refractivity contribution is -0.384. The zero-order valence-corrected chi connectivity index (χ0v) is 12.1. The van der Waals surface area contributed by atoms with Crippen LogP contribution in [0.5, 0.6) is 0 Å². The van der Waals surface area contributed by atoms with E-state index < -0.39 is 0 Å². The highest BCUT2D eigenvalue weighted by Gasteiger charge is 2.15. The van der Waals surface area contributed by atoms with Gasteiger partial charge in [0, 0.05) is 25.7 Å². The SMILES string of the molecule is CCCN(Cc1ccc(NC)c([N+](=O)[O-])c1)C(C)C. The molecule has 0 saturated carbocycles. The molecule has 5 heteroatoms. The van der Waals surface area contributed by atoms with E-state index in [-0.39, 0.29) is 10.6 Å². The summed E-state index contributed by atoms with van der Waals surface area (Å²) in [5, 5.41) is 13.9. The predicted octanol–water partition coefficient (Wildman–Crippen LogP) is 3.26. The molecule has 1 rings (SSSR count). The Morgan fingerprint density at radius 1 is 1.42 bits per heavy atom. The summed E-state index contributed by atoms with van der Waals surface area (Å²) in [6.07, 6.45) is 1.08. The van der Waals surface area contributed by atoms with Gasteiger partial charge >= 0.3 is 0 Å². The van der Waals surface area contributed by atoms with E-state index in [1.165, 1.54) is 0 Å². The lowest BCUT2D eigenvalue weighted by Gasteiger charge is -2.26. The number of nitro groups is 1. The number of nitrogens with zero attached hydrogens (tertiary/aromatic N) is 2. The van der Waals surface area contributed by atoms with Crippen LogP contribution in [-0.2, 0) is 6.54 Å². The smallest absolute Gasteiger partial charge is 0.292 e. The van der Waals surface area contributed by atoms with E-state index in [0.29, 0.717) is 11.7 Å². The quantitative estimate of drug-likeness (QED) is 0.607. The van der Waals surface area contributed by atoms with Gasteiger partial charge in [0.2, 0.25) is 0 Å². The monoisotopic (exact) mass is 265 g/mol. The van der Waals surface area contributed by atoms with E-state index in [1.807, 2.05) is 6.07 Å². The van der Waals surface area contributed by atoms with Gasteiger partial charge in [-0.2, -0.15) is 0 Å². The van der Waals surface area contributed by atoms with Crippen LogP contribution >= 0.6 is 0 Å². The molecule has 0 amide bonds. The van der Waals surface area contributed by atoms with Crippen molar-refractivity contribution in [1.82, 2.24) is 4.90 Å². The van der Waals surface area contributed by atoms with E-state index in [0.717, 1.165) is 25.1 Å². The van der Waals surface area contributed by atoms with E-state index in [1.54, 1.807) is 19.2 Å². The summed E-state index contributed by atoms with van der Waals surface area (Å²) in [6, 6.07) is 5.82. The van der Waals surface area contributed by atoms with Crippen LogP contribution in [0.4, 0.5) is 11.4 Å². The second kappa shape index (κ2) is 7.09. The second-order valence-electron chi connectivity index (χ2n) is 4.92. The molecule has 0 unspecified atom stereocenters. The average molecular weight is 265 g/mol. The fourth-order valence-corrected chi connectivity index (χ4v) is 2.08. The Morgan fingerprint density at radius 3 is 2.58 bits per heavy atom. The van der Waals surface area contributed by atoms with Gasteiger partial charge in [0.1, 0.15) is 5.69 Å². The molecule has 1 aromatic carbocycles. The number of hydrogen-bond donors (Lipinski definition) is 1. The lowest BCUT2D eigenvalue weighted by Crippen LogP contribution is -2.31. The van der Waals surface area contributed by atoms with E-state index in [2.05, 4.69) is 31.0 Å². The molecule has 0 spiro atoms. The molecule has 0 fully saturated rings. The molecule has 0 aliphatic heterocycles. The van der Waals surface area contributed by atoms with E-state index >= 15 is 0 Å². The topological polar surface area (TPSA) is 58.4 Å². The van der Waals surface area contributed by atoms with Gasteiger partial charge in [0.25, 0.3) is 5.69 Å². The van der Waals surface area contributed by atoms with Crippen molar-refractivity contribution in [3.8, 4) is 0 Å². The van der Waals surface area contributed by atoms with Gasteiger partial charge in [0.05, 0.1) is 4.92 Å². The van der Waals surface area contributed by atoms with Crippen molar-refractivity contribution >= 4 is 11.4 Å². The van der Waals surface area contributed by atoms with Crippen molar-refractivity contribution in [2.75, 3.05) is 18.9 Å². The van der Waals surface area contributed by atoms with Crippen molar-refractivity contribution in [2.45, 2.75) is 39.8 Å². The first-order chi connectivity index (χ1) is 8.99. The molecule has 0 saturated heterocycles. The Morgan fingerprint density at radius 2 is 2.11 bits per heavy atom. The first kappa shape index (κ1) is 15.4. The Hall–Kier alpha value is -1.62. The molecule has 0 bridgehead atoms. The number of nitro benzene ring substituents is 1. The minimum atomic E-state index is -0.338. The van der Waals surface area contributed by atoms with Crippen molar-refractivity contribution < 1.29 is 4.92 Å². The minimum absolute atomic E-state index is 0.139. The normalized spacial score (nSPS) is 11.1. The lowest BCUT2D eigenvalue weighted by atomic mass is 10.1. The van der Waals surface area contributed by atoms with Crippen LogP contribution in [0.25, 0.3) is 0 Å². The third kappa shape index (κ3) is 4.21. The Balaban J connectivity index is 2.95. The summed E-state index contributed by atoms with van der Waals surface area (Å²) < 4.78 is 0. The Kier molecular flexibility index (Phi) is 5.76. The highest BCUT2D eigenvalue weighted by molar-refractivity contribution is 5.62. The Bertz CT molecular complexity index is 433. The predicted molar refractivity (Wildman–Crippen MR) is 78.5 cm³/mol. The number of anilines is 1. The van der Waals surface area contributed by atoms with Crippen LogP contribution < -0.4 is 5.32 Å². The van der Waals surface area contributed by atoms with E-state index in [4.69, 9.17) is 0 Å². The van der Waals surface area contributed by atoms with Gasteiger partial charge in [-0.05, 0) is 38.4 Å². The van der Waals surface area contributed by atoms with Crippen molar-refractivity contribution in [3.63, 3.8) is 0 Å². The first-order valence-electron chi connectivity index (χ1n) is 6.68. The minimum Gasteiger partial charge on any atom is -0.383 e. The van der Waals surface area contributed by atoms with Crippen LogP contribution in [0.3, 0.4) is 0 Å². The zero-order chi connectivity index (χ0) is 14.4. The molecule has 0 heterocycles. The van der Waals surface area contributed by atoms with E-state index in [9.17, 15) is 10.1 Å². The molecular weight excluding hydrogens is 242 g/mol. The number of benzene rings is 1. The highest BCUT2D eigenvalue weighted by Crippen LogP contribution is 2.25. The molecule has 106 valence electrons. The van der Waals surface area contributed by atoms with Crippen LogP contribution in [0, 0.1) is 10.1 Å². The van der Waals surface area contributed by atoms with Gasteiger partial charge in [0.15, 0.2) is 0 Å². The third-order valence-corrected chi connectivity index (χ3v) is 3.15. The van der Waals surface area contributed by atoms with Crippen molar-refractivity contribution in [3.05, 3.63) is 33.9 Å². The summed E-state index contributed by atoms with van der Waals surface area (Å²) in [5.74, 6) is 0. The number of hydrogen-bond acceptors (Lipinski definition) is 4. The van der Waals surface area contributed by atoms with Gasteiger partial charge in [-0.3, -0.25) is 15.0 Å². The molecule has 0 radical (unpaired) electrons. The molecule has 0 aliphatic rings. The van der Waals surface area contributed by atoms with Crippen molar-refractivity contribution in [2.24, 2.45) is 0 Å².